The number of aromatic nitrogens is 2. The molecule has 14 heavy (non-hydrogen) atoms. The van der Waals surface area contributed by atoms with Crippen LogP contribution in [-0.2, 0) is 0 Å². The van der Waals surface area contributed by atoms with E-state index in [0.29, 0.717) is 4.77 Å². The minimum absolute atomic E-state index is 0.684. The van der Waals surface area contributed by atoms with Gasteiger partial charge in [-0.15, -0.1) is 0 Å². The van der Waals surface area contributed by atoms with E-state index in [4.69, 9.17) is 12.2 Å². The molecule has 1 N–H and O–H groups in total. The van der Waals surface area contributed by atoms with Crippen LogP contribution in [0.15, 0.2) is 39.5 Å². The van der Waals surface area contributed by atoms with E-state index in [-0.39, 0.29) is 0 Å². The summed E-state index contributed by atoms with van der Waals surface area (Å²) in [6, 6.07) is 5.96. The molecule has 72 valence electrons. The summed E-state index contributed by atoms with van der Waals surface area (Å²) in [7, 11) is 0. The third-order valence-electron chi connectivity index (χ3n) is 1.82. The summed E-state index contributed by atoms with van der Waals surface area (Å²) >= 11 is 12.1. The lowest BCUT2D eigenvalue weighted by Crippen LogP contribution is -1.93. The number of rotatable bonds is 1. The maximum absolute atomic E-state index is 5.14. The monoisotopic (exact) mass is 332 g/mol. The van der Waals surface area contributed by atoms with Gasteiger partial charge in [-0.2, -0.15) is 0 Å². The van der Waals surface area contributed by atoms with Crippen LogP contribution in [0.1, 0.15) is 0 Å². The molecule has 0 amide bonds. The van der Waals surface area contributed by atoms with Crippen molar-refractivity contribution in [3.8, 4) is 5.69 Å². The molecule has 0 fully saturated rings. The molecule has 0 spiro atoms. The lowest BCUT2D eigenvalue weighted by atomic mass is 10.3. The van der Waals surface area contributed by atoms with Crippen LogP contribution in [0.4, 0.5) is 0 Å². The molecule has 0 saturated carbocycles. The van der Waals surface area contributed by atoms with E-state index in [0.717, 1.165) is 14.6 Å². The summed E-state index contributed by atoms with van der Waals surface area (Å²) in [6.45, 7) is 0. The summed E-state index contributed by atoms with van der Waals surface area (Å²) in [5.74, 6) is 0. The van der Waals surface area contributed by atoms with E-state index in [2.05, 4.69) is 36.8 Å². The number of halogens is 2. The lowest BCUT2D eigenvalue weighted by Gasteiger charge is -2.05. The van der Waals surface area contributed by atoms with E-state index in [9.17, 15) is 0 Å². The minimum atomic E-state index is 0.684. The number of aromatic amines is 1. The summed E-state index contributed by atoms with van der Waals surface area (Å²) < 4.78 is 4.63. The largest absolute Gasteiger partial charge is 0.337 e. The van der Waals surface area contributed by atoms with Crippen molar-refractivity contribution in [1.29, 1.82) is 0 Å². The SMILES string of the molecule is S=c1[nH]ccn1-c1cc(Br)ccc1Br. The number of H-pyrrole nitrogens is 1. The molecule has 2 rings (SSSR count). The van der Waals surface area contributed by atoms with Crippen LogP contribution in [0.5, 0.6) is 0 Å². The third-order valence-corrected chi connectivity index (χ3v) is 3.30. The maximum Gasteiger partial charge on any atom is 0.181 e. The molecule has 1 heterocycles. The highest BCUT2D eigenvalue weighted by molar-refractivity contribution is 9.11. The molecule has 0 saturated heterocycles. The fraction of sp³-hybridized carbons (Fsp3) is 0. The van der Waals surface area contributed by atoms with Crippen LogP contribution in [-0.4, -0.2) is 9.55 Å². The second kappa shape index (κ2) is 4.00. The molecule has 2 aromatic rings. The van der Waals surface area contributed by atoms with Crippen LogP contribution in [0.25, 0.3) is 5.69 Å². The summed E-state index contributed by atoms with van der Waals surface area (Å²) in [6.07, 6.45) is 3.71. The zero-order chi connectivity index (χ0) is 10.1. The first kappa shape index (κ1) is 10.1. The van der Waals surface area contributed by atoms with E-state index < -0.39 is 0 Å². The Hall–Kier alpha value is -0.390. The molecule has 0 bridgehead atoms. The zero-order valence-corrected chi connectivity index (χ0v) is 11.0. The van der Waals surface area contributed by atoms with Crippen LogP contribution >= 0.6 is 44.1 Å². The van der Waals surface area contributed by atoms with Gasteiger partial charge in [0.05, 0.1) is 5.69 Å². The highest BCUT2D eigenvalue weighted by Crippen LogP contribution is 2.24. The Labute approximate surface area is 103 Å². The molecule has 0 aliphatic carbocycles. The minimum Gasteiger partial charge on any atom is -0.337 e. The number of nitrogens with one attached hydrogen (secondary N) is 1. The van der Waals surface area contributed by atoms with Crippen molar-refractivity contribution < 1.29 is 0 Å². The van der Waals surface area contributed by atoms with Crippen LogP contribution in [0.3, 0.4) is 0 Å². The van der Waals surface area contributed by atoms with Gasteiger partial charge in [-0.3, -0.25) is 4.57 Å². The van der Waals surface area contributed by atoms with Crippen molar-refractivity contribution in [3.05, 3.63) is 44.3 Å². The summed E-state index contributed by atoms with van der Waals surface area (Å²) in [4.78, 5) is 2.96. The zero-order valence-electron chi connectivity index (χ0n) is 7.00. The molecule has 0 radical (unpaired) electrons. The molecular formula is C9H6Br2N2S. The first-order valence-corrected chi connectivity index (χ1v) is 5.89. The topological polar surface area (TPSA) is 20.7 Å². The first-order valence-electron chi connectivity index (χ1n) is 3.90. The fourth-order valence-corrected chi connectivity index (χ4v) is 2.19. The number of nitrogens with zero attached hydrogens (tertiary/aromatic N) is 1. The van der Waals surface area contributed by atoms with Crippen LogP contribution in [0.2, 0.25) is 0 Å². The van der Waals surface area contributed by atoms with Gasteiger partial charge < -0.3 is 4.98 Å². The van der Waals surface area contributed by atoms with Gasteiger partial charge in [0.2, 0.25) is 0 Å². The molecule has 5 heteroatoms. The average Bonchev–Trinajstić information content (AvgIpc) is 2.56. The van der Waals surface area contributed by atoms with Gasteiger partial charge in [0.1, 0.15) is 0 Å². The van der Waals surface area contributed by atoms with Gasteiger partial charge in [-0.1, -0.05) is 15.9 Å². The Kier molecular flexibility index (Phi) is 2.90. The summed E-state index contributed by atoms with van der Waals surface area (Å²) in [5, 5.41) is 0. The average molecular weight is 334 g/mol. The fourth-order valence-electron chi connectivity index (χ4n) is 1.18. The second-order valence-corrected chi connectivity index (χ2v) is 4.89. The van der Waals surface area contributed by atoms with E-state index in [1.807, 2.05) is 35.2 Å². The molecule has 0 aliphatic rings. The predicted molar refractivity (Wildman–Crippen MR) is 66.4 cm³/mol. The Bertz CT molecular complexity index is 516. The van der Waals surface area contributed by atoms with Crippen LogP contribution < -0.4 is 0 Å². The van der Waals surface area contributed by atoms with E-state index in [1.54, 1.807) is 0 Å². The molecule has 2 nitrogen and oxygen atoms in total. The Morgan fingerprint density at radius 1 is 1.29 bits per heavy atom. The molecular weight excluding hydrogens is 328 g/mol. The van der Waals surface area contributed by atoms with Gasteiger partial charge in [0, 0.05) is 21.3 Å². The maximum atomic E-state index is 5.14. The highest BCUT2D eigenvalue weighted by Gasteiger charge is 2.03. The van der Waals surface area contributed by atoms with Crippen molar-refractivity contribution in [1.82, 2.24) is 9.55 Å². The van der Waals surface area contributed by atoms with E-state index >= 15 is 0 Å². The molecule has 1 aromatic carbocycles. The van der Waals surface area contributed by atoms with Crippen LogP contribution in [0, 0.1) is 4.77 Å². The van der Waals surface area contributed by atoms with Gasteiger partial charge in [-0.05, 0) is 46.3 Å². The number of benzene rings is 1. The smallest absolute Gasteiger partial charge is 0.181 e. The van der Waals surface area contributed by atoms with Gasteiger partial charge in [0.15, 0.2) is 4.77 Å². The predicted octanol–water partition coefficient (Wildman–Crippen LogP) is 4.06. The standard InChI is InChI=1S/C9H6Br2N2S/c10-6-1-2-7(11)8(5-6)13-4-3-12-9(13)14/h1-5H,(H,12,14). The quantitative estimate of drug-likeness (QED) is 0.780. The van der Waals surface area contributed by atoms with Crippen molar-refractivity contribution >= 4 is 44.1 Å². The van der Waals surface area contributed by atoms with E-state index in [1.165, 1.54) is 0 Å². The van der Waals surface area contributed by atoms with Crippen molar-refractivity contribution in [2.75, 3.05) is 0 Å². The van der Waals surface area contributed by atoms with Gasteiger partial charge >= 0.3 is 0 Å². The number of hydrogen-bond donors (Lipinski definition) is 1. The third kappa shape index (κ3) is 1.85. The molecule has 1 aromatic heterocycles. The van der Waals surface area contributed by atoms with Gasteiger partial charge in [0.25, 0.3) is 0 Å². The molecule has 0 atom stereocenters. The molecule has 0 aliphatic heterocycles. The second-order valence-electron chi connectivity index (χ2n) is 2.73. The van der Waals surface area contributed by atoms with Crippen molar-refractivity contribution in [2.45, 2.75) is 0 Å². The number of imidazole rings is 1. The molecule has 0 unspecified atom stereocenters. The Balaban J connectivity index is 2.68. The highest BCUT2D eigenvalue weighted by atomic mass is 79.9. The Morgan fingerprint density at radius 3 is 2.71 bits per heavy atom. The normalized spacial score (nSPS) is 10.4. The first-order chi connectivity index (χ1) is 6.68. The summed E-state index contributed by atoms with van der Waals surface area (Å²) in [5.41, 5.74) is 1.02. The van der Waals surface area contributed by atoms with Crippen molar-refractivity contribution in [2.24, 2.45) is 0 Å². The van der Waals surface area contributed by atoms with Gasteiger partial charge in [-0.25, -0.2) is 0 Å². The lowest BCUT2D eigenvalue weighted by molar-refractivity contribution is 1.02. The van der Waals surface area contributed by atoms with Crippen molar-refractivity contribution in [3.63, 3.8) is 0 Å². The Morgan fingerprint density at radius 2 is 2.07 bits per heavy atom. The number of hydrogen-bond acceptors (Lipinski definition) is 1.